The molecule has 0 amide bonds. The third kappa shape index (κ3) is 11.7. The van der Waals surface area contributed by atoms with Gasteiger partial charge in [-0.15, -0.1) is 0 Å². The Bertz CT molecular complexity index is 2050. The monoisotopic (exact) mass is 830 g/mol. The smallest absolute Gasteiger partial charge is 0.333 e. The van der Waals surface area contributed by atoms with E-state index in [0.717, 1.165) is 45.5 Å². The number of fused-ring (bicyclic) bond motifs is 3. The van der Waals surface area contributed by atoms with Crippen LogP contribution in [0, 0.1) is 0 Å². The fourth-order valence-corrected chi connectivity index (χ4v) is 6.73. The van der Waals surface area contributed by atoms with Crippen molar-refractivity contribution in [2.24, 2.45) is 0 Å². The summed E-state index contributed by atoms with van der Waals surface area (Å²) < 4.78 is 44.3. The average molecular weight is 831 g/mol. The number of hydrogen-bond donors (Lipinski definition) is 0. The van der Waals surface area contributed by atoms with E-state index < -0.39 is 41.5 Å². The summed E-state index contributed by atoms with van der Waals surface area (Å²) in [5.74, 6) is -1.24. The van der Waals surface area contributed by atoms with Gasteiger partial charge in [0.05, 0.1) is 31.8 Å². The molecule has 318 valence electrons. The summed E-state index contributed by atoms with van der Waals surface area (Å²) in [6.07, 6.45) is 0.394. The molecule has 2 unspecified atom stereocenters. The molecule has 0 bridgehead atoms. The van der Waals surface area contributed by atoms with Gasteiger partial charge in [-0.1, -0.05) is 99.1 Å². The molecule has 4 aromatic rings. The van der Waals surface area contributed by atoms with Crippen molar-refractivity contribution in [3.63, 3.8) is 0 Å². The van der Waals surface area contributed by atoms with Crippen LogP contribution >= 0.6 is 0 Å². The third-order valence-electron chi connectivity index (χ3n) is 9.52. The van der Waals surface area contributed by atoms with E-state index in [4.69, 9.17) is 37.9 Å². The van der Waals surface area contributed by atoms with Crippen LogP contribution in [0.1, 0.15) is 36.1 Å². The van der Waals surface area contributed by atoms with Crippen molar-refractivity contribution >= 4 is 23.9 Å². The Kier molecular flexibility index (Phi) is 16.4. The number of esters is 4. The van der Waals surface area contributed by atoms with Crippen LogP contribution in [0.3, 0.4) is 0 Å². The number of benzene rings is 4. The molecule has 5 rings (SSSR count). The second kappa shape index (κ2) is 22.0. The van der Waals surface area contributed by atoms with Crippen LogP contribution < -0.4 is 9.47 Å². The van der Waals surface area contributed by atoms with Crippen LogP contribution in [0.25, 0.3) is 11.1 Å². The van der Waals surface area contributed by atoms with Gasteiger partial charge in [-0.05, 0) is 71.5 Å². The molecule has 1 aliphatic carbocycles. The van der Waals surface area contributed by atoms with Gasteiger partial charge in [0.25, 0.3) is 0 Å². The fourth-order valence-electron chi connectivity index (χ4n) is 6.73. The molecule has 0 heterocycles. The first-order valence-electron chi connectivity index (χ1n) is 19.6. The second-order valence-corrected chi connectivity index (χ2v) is 14.0. The minimum absolute atomic E-state index is 0.0177. The lowest BCUT2D eigenvalue weighted by Gasteiger charge is -2.34. The Balaban J connectivity index is 1.25. The van der Waals surface area contributed by atoms with Crippen LogP contribution in [-0.2, 0) is 53.0 Å². The van der Waals surface area contributed by atoms with Crippen LogP contribution in [-0.4, -0.2) is 88.9 Å². The quantitative estimate of drug-likeness (QED) is 0.0267. The molecule has 0 N–H and O–H groups in total. The van der Waals surface area contributed by atoms with E-state index in [1.54, 1.807) is 0 Å². The maximum Gasteiger partial charge on any atom is 0.333 e. The molecule has 0 radical (unpaired) electrons. The summed E-state index contributed by atoms with van der Waals surface area (Å²) in [6, 6.07) is 32.8. The van der Waals surface area contributed by atoms with Crippen molar-refractivity contribution in [1.82, 2.24) is 0 Å². The largest absolute Gasteiger partial charge is 0.491 e. The lowest BCUT2D eigenvalue weighted by atomic mass is 9.68. The van der Waals surface area contributed by atoms with E-state index >= 15 is 0 Å². The molecule has 12 heteroatoms. The number of carbonyl (C=O) groups is 4. The molecule has 0 fully saturated rings. The molecule has 0 aromatic heterocycles. The van der Waals surface area contributed by atoms with Crippen molar-refractivity contribution in [3.8, 4) is 22.6 Å². The summed E-state index contributed by atoms with van der Waals surface area (Å²) in [7, 11) is 0. The molecule has 0 saturated carbocycles. The summed E-state index contributed by atoms with van der Waals surface area (Å²) >= 11 is 0. The van der Waals surface area contributed by atoms with Gasteiger partial charge in [0, 0.05) is 23.3 Å². The Morgan fingerprint density at radius 1 is 0.541 bits per heavy atom. The van der Waals surface area contributed by atoms with E-state index in [0.29, 0.717) is 11.5 Å². The maximum absolute atomic E-state index is 11.8. The Morgan fingerprint density at radius 3 is 1.28 bits per heavy atom. The first kappa shape index (κ1) is 45.3. The predicted molar refractivity (Wildman–Crippen MR) is 228 cm³/mol. The van der Waals surface area contributed by atoms with Gasteiger partial charge in [-0.2, -0.15) is 0 Å². The van der Waals surface area contributed by atoms with Gasteiger partial charge < -0.3 is 37.9 Å². The number of rotatable bonds is 24. The number of ether oxygens (including phenoxy) is 8. The average Bonchev–Trinajstić information content (AvgIpc) is 3.57. The minimum Gasteiger partial charge on any atom is -0.491 e. The van der Waals surface area contributed by atoms with E-state index in [1.807, 2.05) is 36.4 Å². The highest BCUT2D eigenvalue weighted by molar-refractivity contribution is 5.88. The number of hydrogen-bond acceptors (Lipinski definition) is 12. The van der Waals surface area contributed by atoms with Gasteiger partial charge in [0.2, 0.25) is 0 Å². The zero-order chi connectivity index (χ0) is 43.8. The van der Waals surface area contributed by atoms with Crippen LogP contribution in [0.5, 0.6) is 11.5 Å². The predicted octanol–water partition coefficient (Wildman–Crippen LogP) is 7.27. The fraction of sp³-hybridized carbons (Fsp3) is 0.265. The third-order valence-corrected chi connectivity index (χ3v) is 9.52. The summed E-state index contributed by atoms with van der Waals surface area (Å²) in [5.41, 5.74) is 6.43. The first-order chi connectivity index (χ1) is 29.5. The Labute approximate surface area is 356 Å². The molecule has 1 aliphatic rings. The molecule has 4 aromatic carbocycles. The maximum atomic E-state index is 11.8. The van der Waals surface area contributed by atoms with Crippen molar-refractivity contribution in [3.05, 3.63) is 169 Å². The standard InChI is InChI=1S/C49H50O12/c1-7-45(50)60-39(31-58-47(52)33(3)4)29-54-25-27-56-37-21-17-35(18-22-37)49(43-15-11-9-13-41(43)42-14-10-12-16-44(42)49)36-19-23-38(24-20-36)57-28-26-55-30-40(61-46(51)8-2)32-59-48(53)34(5)6/h7-24,39-40H,1-3,5,25-32H2,4,6H3. The highest BCUT2D eigenvalue weighted by Crippen LogP contribution is 2.56. The first-order valence-corrected chi connectivity index (χ1v) is 19.6. The van der Waals surface area contributed by atoms with Gasteiger partial charge >= 0.3 is 23.9 Å². The van der Waals surface area contributed by atoms with Gasteiger partial charge in [-0.3, -0.25) is 0 Å². The van der Waals surface area contributed by atoms with E-state index in [-0.39, 0.29) is 64.0 Å². The molecule has 2 atom stereocenters. The van der Waals surface area contributed by atoms with Crippen molar-refractivity contribution in [2.45, 2.75) is 31.5 Å². The molecular formula is C49H50O12. The van der Waals surface area contributed by atoms with Crippen molar-refractivity contribution in [1.29, 1.82) is 0 Å². The van der Waals surface area contributed by atoms with Gasteiger partial charge in [-0.25, -0.2) is 19.2 Å². The van der Waals surface area contributed by atoms with Gasteiger partial charge in [0.1, 0.15) is 37.9 Å². The van der Waals surface area contributed by atoms with Crippen molar-refractivity contribution < 1.29 is 57.1 Å². The molecule has 0 spiro atoms. The van der Waals surface area contributed by atoms with E-state index in [1.165, 1.54) is 13.8 Å². The zero-order valence-electron chi connectivity index (χ0n) is 34.4. The summed E-state index contributed by atoms with van der Waals surface area (Å²) in [5, 5.41) is 0. The number of carbonyl (C=O) groups excluding carboxylic acids is 4. The van der Waals surface area contributed by atoms with Crippen LogP contribution in [0.15, 0.2) is 147 Å². The molecule has 61 heavy (non-hydrogen) atoms. The lowest BCUT2D eigenvalue weighted by molar-refractivity contribution is -0.157. The topological polar surface area (TPSA) is 142 Å². The second-order valence-electron chi connectivity index (χ2n) is 14.0. The highest BCUT2D eigenvalue weighted by atomic mass is 16.6. The normalized spacial score (nSPS) is 13.0. The van der Waals surface area contributed by atoms with Gasteiger partial charge in [0.15, 0.2) is 12.2 Å². The molecular weight excluding hydrogens is 781 g/mol. The van der Waals surface area contributed by atoms with E-state index in [9.17, 15) is 19.2 Å². The Morgan fingerprint density at radius 2 is 0.918 bits per heavy atom. The summed E-state index contributed by atoms with van der Waals surface area (Å²) in [4.78, 5) is 47.3. The lowest BCUT2D eigenvalue weighted by Crippen LogP contribution is -2.30. The van der Waals surface area contributed by atoms with Crippen LogP contribution in [0.4, 0.5) is 0 Å². The molecule has 12 nitrogen and oxygen atoms in total. The van der Waals surface area contributed by atoms with Crippen molar-refractivity contribution in [2.75, 3.05) is 52.9 Å². The molecule has 0 aliphatic heterocycles. The molecule has 0 saturated heterocycles. The minimum atomic E-state index is -0.830. The summed E-state index contributed by atoms with van der Waals surface area (Å²) in [6.45, 7) is 17.3. The SMILES string of the molecule is C=CC(=O)OC(COCCOc1ccc(C2(c3ccc(OCCOCC(COC(=O)C(=C)C)OC(=O)C=C)cc3)c3ccccc3-c3ccccc32)cc1)COC(=O)C(=C)C. The van der Waals surface area contributed by atoms with Crippen LogP contribution in [0.2, 0.25) is 0 Å². The highest BCUT2D eigenvalue weighted by Gasteiger charge is 2.45. The van der Waals surface area contributed by atoms with E-state index in [2.05, 4.69) is 87.0 Å². The Hall–Kier alpha value is -6.76. The zero-order valence-corrected chi connectivity index (χ0v) is 34.4.